The van der Waals surface area contributed by atoms with Crippen LogP contribution in [-0.2, 0) is 6.42 Å². The number of aromatic nitrogens is 2. The van der Waals surface area contributed by atoms with E-state index in [1.807, 2.05) is 0 Å². The second kappa shape index (κ2) is 5.66. The Balaban J connectivity index is 2.07. The zero-order valence-electron chi connectivity index (χ0n) is 10.7. The van der Waals surface area contributed by atoms with E-state index in [0.717, 1.165) is 17.8 Å². The van der Waals surface area contributed by atoms with Crippen LogP contribution in [0, 0.1) is 5.41 Å². The number of alkyl halides is 1. The maximum atomic E-state index is 5.71. The molecule has 0 amide bonds. The number of hydrogen-bond acceptors (Lipinski definition) is 3. The van der Waals surface area contributed by atoms with Crippen LogP contribution < -0.4 is 0 Å². The van der Waals surface area contributed by atoms with E-state index in [2.05, 4.69) is 24.0 Å². The topological polar surface area (TPSA) is 25.8 Å². The number of aryl methyl sites for hydroxylation is 1. The number of rotatable bonds is 4. The Morgan fingerprint density at radius 2 is 2.18 bits per heavy atom. The summed E-state index contributed by atoms with van der Waals surface area (Å²) in [5.74, 6) is 1.32. The average Bonchev–Trinajstić information content (AvgIpc) is 2.74. The molecule has 96 valence electrons. The van der Waals surface area contributed by atoms with Crippen LogP contribution >= 0.6 is 22.9 Å². The number of nitrogens with zero attached hydrogens (tertiary/aromatic N) is 2. The molecule has 1 heterocycles. The predicted octanol–water partition coefficient (Wildman–Crippen LogP) is 4.39. The van der Waals surface area contributed by atoms with Crippen molar-refractivity contribution in [2.75, 3.05) is 5.88 Å². The summed E-state index contributed by atoms with van der Waals surface area (Å²) in [5, 5.41) is 11.1. The lowest BCUT2D eigenvalue weighted by atomic mass is 9.69. The second-order valence-corrected chi connectivity index (χ2v) is 7.09. The summed E-state index contributed by atoms with van der Waals surface area (Å²) in [4.78, 5) is 0. The molecule has 1 unspecified atom stereocenters. The minimum Gasteiger partial charge on any atom is -0.144 e. The fourth-order valence-electron chi connectivity index (χ4n) is 2.68. The van der Waals surface area contributed by atoms with Gasteiger partial charge in [-0.05, 0) is 24.7 Å². The van der Waals surface area contributed by atoms with Gasteiger partial charge in [-0.3, -0.25) is 0 Å². The van der Waals surface area contributed by atoms with Crippen LogP contribution in [0.4, 0.5) is 0 Å². The number of hydrogen-bond donors (Lipinski definition) is 0. The van der Waals surface area contributed by atoms with Crippen molar-refractivity contribution in [3.63, 3.8) is 0 Å². The SMILES string of the molecule is CC1(C)CCCCC1c1nnc(CCCCl)s1. The third-order valence-corrected chi connectivity index (χ3v) is 5.18. The van der Waals surface area contributed by atoms with Gasteiger partial charge in [0.15, 0.2) is 0 Å². The first kappa shape index (κ1) is 13.3. The molecule has 1 fully saturated rings. The summed E-state index contributed by atoms with van der Waals surface area (Å²) in [6.45, 7) is 4.74. The van der Waals surface area contributed by atoms with Crippen LogP contribution in [0.2, 0.25) is 0 Å². The van der Waals surface area contributed by atoms with Crippen LogP contribution in [-0.4, -0.2) is 16.1 Å². The van der Waals surface area contributed by atoms with Crippen molar-refractivity contribution in [2.45, 2.75) is 58.3 Å². The summed E-state index contributed by atoms with van der Waals surface area (Å²) in [7, 11) is 0. The van der Waals surface area contributed by atoms with Crippen molar-refractivity contribution < 1.29 is 0 Å². The van der Waals surface area contributed by atoms with E-state index >= 15 is 0 Å². The zero-order chi connectivity index (χ0) is 12.3. The molecule has 1 aliphatic rings. The molecule has 0 radical (unpaired) electrons. The molecule has 2 rings (SSSR count). The molecule has 1 aliphatic carbocycles. The zero-order valence-corrected chi connectivity index (χ0v) is 12.3. The van der Waals surface area contributed by atoms with E-state index in [1.165, 1.54) is 30.7 Å². The summed E-state index contributed by atoms with van der Waals surface area (Å²) in [6, 6.07) is 0. The van der Waals surface area contributed by atoms with Gasteiger partial charge < -0.3 is 0 Å². The molecule has 1 aromatic heterocycles. The minimum absolute atomic E-state index is 0.390. The van der Waals surface area contributed by atoms with Crippen molar-refractivity contribution >= 4 is 22.9 Å². The monoisotopic (exact) mass is 272 g/mol. The van der Waals surface area contributed by atoms with E-state index in [9.17, 15) is 0 Å². The Morgan fingerprint density at radius 1 is 1.35 bits per heavy atom. The molecule has 0 bridgehead atoms. The first-order chi connectivity index (χ1) is 8.13. The molecule has 4 heteroatoms. The van der Waals surface area contributed by atoms with Gasteiger partial charge in [0, 0.05) is 18.2 Å². The van der Waals surface area contributed by atoms with Gasteiger partial charge in [0.25, 0.3) is 0 Å². The maximum absolute atomic E-state index is 5.71. The van der Waals surface area contributed by atoms with E-state index in [4.69, 9.17) is 11.6 Å². The molecule has 1 aromatic rings. The summed E-state index contributed by atoms with van der Waals surface area (Å²) in [5.41, 5.74) is 0.390. The van der Waals surface area contributed by atoms with Crippen molar-refractivity contribution in [3.8, 4) is 0 Å². The molecule has 17 heavy (non-hydrogen) atoms. The van der Waals surface area contributed by atoms with Crippen molar-refractivity contribution in [1.29, 1.82) is 0 Å². The standard InChI is InChI=1S/C13H21ClN2S/c1-13(2)8-4-3-6-10(13)12-16-15-11(17-12)7-5-9-14/h10H,3-9H2,1-2H3. The molecule has 0 spiro atoms. The summed E-state index contributed by atoms with van der Waals surface area (Å²) >= 11 is 7.51. The highest BCUT2D eigenvalue weighted by Crippen LogP contribution is 2.47. The van der Waals surface area contributed by atoms with Crippen molar-refractivity contribution in [2.24, 2.45) is 5.41 Å². The van der Waals surface area contributed by atoms with Gasteiger partial charge in [-0.2, -0.15) is 0 Å². The highest BCUT2D eigenvalue weighted by atomic mass is 35.5. The Kier molecular flexibility index (Phi) is 4.42. The van der Waals surface area contributed by atoms with Crippen molar-refractivity contribution in [3.05, 3.63) is 10.0 Å². The minimum atomic E-state index is 0.390. The Bertz CT molecular complexity index is 362. The molecule has 0 aliphatic heterocycles. The molecular formula is C13H21ClN2S. The lowest BCUT2D eigenvalue weighted by Crippen LogP contribution is -2.25. The fraction of sp³-hybridized carbons (Fsp3) is 0.846. The maximum Gasteiger partial charge on any atom is 0.121 e. The largest absolute Gasteiger partial charge is 0.144 e. The van der Waals surface area contributed by atoms with Gasteiger partial charge in [-0.15, -0.1) is 33.1 Å². The van der Waals surface area contributed by atoms with Crippen molar-refractivity contribution in [1.82, 2.24) is 10.2 Å². The predicted molar refractivity (Wildman–Crippen MR) is 73.9 cm³/mol. The van der Waals surface area contributed by atoms with Gasteiger partial charge in [-0.1, -0.05) is 26.7 Å². The molecule has 0 N–H and O–H groups in total. The van der Waals surface area contributed by atoms with Gasteiger partial charge >= 0.3 is 0 Å². The Labute approximate surface area is 113 Å². The van der Waals surface area contributed by atoms with Crippen LogP contribution in [0.25, 0.3) is 0 Å². The Hall–Kier alpha value is -0.150. The van der Waals surface area contributed by atoms with Gasteiger partial charge in [0.2, 0.25) is 0 Å². The van der Waals surface area contributed by atoms with Crippen LogP contribution in [0.1, 0.15) is 61.9 Å². The lowest BCUT2D eigenvalue weighted by Gasteiger charge is -2.37. The Morgan fingerprint density at radius 3 is 2.88 bits per heavy atom. The molecule has 0 aromatic carbocycles. The normalized spacial score (nSPS) is 23.8. The average molecular weight is 273 g/mol. The van der Waals surface area contributed by atoms with Gasteiger partial charge in [0.1, 0.15) is 10.0 Å². The highest BCUT2D eigenvalue weighted by Gasteiger charge is 2.35. The first-order valence-corrected chi connectivity index (χ1v) is 7.87. The first-order valence-electron chi connectivity index (χ1n) is 6.52. The van der Waals surface area contributed by atoms with E-state index in [0.29, 0.717) is 17.2 Å². The van der Waals surface area contributed by atoms with Gasteiger partial charge in [-0.25, -0.2) is 0 Å². The third-order valence-electron chi connectivity index (χ3n) is 3.81. The van der Waals surface area contributed by atoms with Crippen LogP contribution in [0.5, 0.6) is 0 Å². The summed E-state index contributed by atoms with van der Waals surface area (Å²) < 4.78 is 0. The molecule has 2 nitrogen and oxygen atoms in total. The van der Waals surface area contributed by atoms with Gasteiger partial charge in [0.05, 0.1) is 0 Å². The smallest absolute Gasteiger partial charge is 0.121 e. The quantitative estimate of drug-likeness (QED) is 0.760. The van der Waals surface area contributed by atoms with E-state index in [1.54, 1.807) is 11.3 Å². The number of halogens is 1. The third kappa shape index (κ3) is 3.19. The van der Waals surface area contributed by atoms with Crippen LogP contribution in [0.15, 0.2) is 0 Å². The molecule has 1 saturated carbocycles. The molecule has 0 saturated heterocycles. The van der Waals surface area contributed by atoms with E-state index in [-0.39, 0.29) is 0 Å². The molecule has 1 atom stereocenters. The molecular weight excluding hydrogens is 252 g/mol. The lowest BCUT2D eigenvalue weighted by molar-refractivity contribution is 0.198. The van der Waals surface area contributed by atoms with E-state index < -0.39 is 0 Å². The van der Waals surface area contributed by atoms with Crippen LogP contribution in [0.3, 0.4) is 0 Å². The highest BCUT2D eigenvalue weighted by molar-refractivity contribution is 7.11. The second-order valence-electron chi connectivity index (χ2n) is 5.61. The summed E-state index contributed by atoms with van der Waals surface area (Å²) in [6.07, 6.45) is 7.27. The fourth-order valence-corrected chi connectivity index (χ4v) is 4.04.